The van der Waals surface area contributed by atoms with Gasteiger partial charge >= 0.3 is 5.97 Å². The number of ketones is 1. The number of aliphatic hydroxyl groups excluding tert-OH is 2. The lowest BCUT2D eigenvalue weighted by Gasteiger charge is -2.58. The van der Waals surface area contributed by atoms with Crippen LogP contribution >= 0.6 is 0 Å². The highest BCUT2D eigenvalue weighted by molar-refractivity contribution is 5.95. The summed E-state index contributed by atoms with van der Waals surface area (Å²) in [4.78, 5) is 26.4. The zero-order valence-electron chi connectivity index (χ0n) is 21.6. The molecular weight excluding hydrogens is 464 g/mol. The molecule has 4 saturated heterocycles. The fourth-order valence-corrected chi connectivity index (χ4v) is 11.0. The molecule has 0 aromatic heterocycles. The quantitative estimate of drug-likeness (QED) is 0.443. The van der Waals surface area contributed by atoms with Gasteiger partial charge in [0.2, 0.25) is 5.60 Å². The van der Waals surface area contributed by atoms with E-state index in [1.165, 1.54) is 0 Å². The van der Waals surface area contributed by atoms with E-state index < -0.39 is 40.4 Å². The summed E-state index contributed by atoms with van der Waals surface area (Å²) in [5.74, 6) is 1.40. The van der Waals surface area contributed by atoms with Crippen molar-refractivity contribution in [2.75, 3.05) is 6.61 Å². The Morgan fingerprint density at radius 2 is 1.89 bits per heavy atom. The normalized spacial score (nSPS) is 64.6. The van der Waals surface area contributed by atoms with E-state index in [0.29, 0.717) is 24.2 Å². The van der Waals surface area contributed by atoms with Gasteiger partial charge in [0.15, 0.2) is 5.78 Å². The molecule has 4 saturated carbocycles. The minimum absolute atomic E-state index is 0.0652. The Balaban J connectivity index is 1.07. The largest absolute Gasteiger partial charge is 0.460 e. The molecule has 198 valence electrons. The average molecular weight is 503 g/mol. The third-order valence-electron chi connectivity index (χ3n) is 13.2. The Bertz CT molecular complexity index is 1080. The van der Waals surface area contributed by atoms with Crippen molar-refractivity contribution in [3.63, 3.8) is 0 Å². The molecule has 8 rings (SSSR count). The van der Waals surface area contributed by atoms with Gasteiger partial charge in [0.25, 0.3) is 0 Å². The summed E-state index contributed by atoms with van der Waals surface area (Å²) in [5, 5.41) is 20.9. The van der Waals surface area contributed by atoms with E-state index in [2.05, 4.69) is 20.8 Å². The van der Waals surface area contributed by atoms with Crippen LogP contribution in [0, 0.1) is 40.4 Å². The minimum Gasteiger partial charge on any atom is -0.460 e. The SMILES string of the molecule is C[C@@H]([C@H]1CC[C@H]2[C@@H]3C[C@H]4O[C@]45[C@@H](O)[C@H]4O[C@H]4C(=O)[C@]5(C)[C@H]3CC[C@]12C)[C@H]1C[C@@]2(C)O[C@@]2(CO)C(=O)O1. The van der Waals surface area contributed by atoms with E-state index in [0.717, 1.165) is 32.1 Å². The first kappa shape index (κ1) is 22.9. The number of ether oxygens (including phenoxy) is 4. The molecule has 4 heterocycles. The predicted molar refractivity (Wildman–Crippen MR) is 124 cm³/mol. The monoisotopic (exact) mass is 502 g/mol. The van der Waals surface area contributed by atoms with Crippen LogP contribution in [-0.2, 0) is 28.5 Å². The maximum atomic E-state index is 13.7. The molecule has 15 atom stereocenters. The summed E-state index contributed by atoms with van der Waals surface area (Å²) in [5.41, 5.74) is -3.14. The molecule has 8 heteroatoms. The van der Waals surface area contributed by atoms with Crippen molar-refractivity contribution in [2.45, 2.75) is 114 Å². The van der Waals surface area contributed by atoms with Crippen LogP contribution < -0.4 is 0 Å². The van der Waals surface area contributed by atoms with Crippen molar-refractivity contribution in [2.24, 2.45) is 40.4 Å². The molecule has 36 heavy (non-hydrogen) atoms. The van der Waals surface area contributed by atoms with E-state index in [1.54, 1.807) is 0 Å². The Kier molecular flexibility index (Phi) is 4.06. The lowest BCUT2D eigenvalue weighted by atomic mass is 9.43. The Morgan fingerprint density at radius 3 is 2.61 bits per heavy atom. The fraction of sp³-hybridized carbons (Fsp3) is 0.929. The van der Waals surface area contributed by atoms with Gasteiger partial charge in [-0.3, -0.25) is 4.79 Å². The highest BCUT2D eigenvalue weighted by Crippen LogP contribution is 2.75. The van der Waals surface area contributed by atoms with E-state index >= 15 is 0 Å². The van der Waals surface area contributed by atoms with Crippen LogP contribution in [0.15, 0.2) is 0 Å². The molecule has 0 bridgehead atoms. The molecule has 0 unspecified atom stereocenters. The molecule has 4 aliphatic heterocycles. The lowest BCUT2D eigenvalue weighted by molar-refractivity contribution is -0.168. The van der Waals surface area contributed by atoms with Crippen molar-refractivity contribution in [3.8, 4) is 0 Å². The van der Waals surface area contributed by atoms with Crippen molar-refractivity contribution in [3.05, 3.63) is 0 Å². The molecule has 0 aromatic rings. The minimum atomic E-state index is -1.17. The molecule has 0 amide bonds. The van der Waals surface area contributed by atoms with Crippen molar-refractivity contribution < 1.29 is 38.7 Å². The van der Waals surface area contributed by atoms with Gasteiger partial charge in [-0.1, -0.05) is 13.8 Å². The molecule has 8 fully saturated rings. The van der Waals surface area contributed by atoms with Gasteiger partial charge in [0.1, 0.15) is 35.6 Å². The predicted octanol–water partition coefficient (Wildman–Crippen LogP) is 1.78. The number of hydrogen-bond donors (Lipinski definition) is 2. The van der Waals surface area contributed by atoms with E-state index in [4.69, 9.17) is 18.9 Å². The number of Topliss-reactive ketones (excluding diaryl/α,β-unsaturated/α-hetero) is 1. The zero-order valence-corrected chi connectivity index (χ0v) is 21.6. The second-order valence-electron chi connectivity index (χ2n) is 14.1. The summed E-state index contributed by atoms with van der Waals surface area (Å²) < 4.78 is 23.7. The number of carbonyl (C=O) groups excluding carboxylic acids is 2. The Hall–Kier alpha value is -1.06. The van der Waals surface area contributed by atoms with Gasteiger partial charge in [0, 0.05) is 6.42 Å². The highest BCUT2D eigenvalue weighted by Gasteiger charge is 2.86. The molecule has 4 aliphatic carbocycles. The Morgan fingerprint density at radius 1 is 1.11 bits per heavy atom. The van der Waals surface area contributed by atoms with Gasteiger partial charge in [0.05, 0.1) is 18.1 Å². The van der Waals surface area contributed by atoms with Crippen LogP contribution in [0.5, 0.6) is 0 Å². The van der Waals surface area contributed by atoms with Gasteiger partial charge < -0.3 is 29.2 Å². The van der Waals surface area contributed by atoms with E-state index in [1.807, 2.05) is 6.92 Å². The fourth-order valence-electron chi connectivity index (χ4n) is 11.0. The summed E-state index contributed by atoms with van der Waals surface area (Å²) in [6, 6.07) is 0. The first-order valence-electron chi connectivity index (χ1n) is 14.1. The number of esters is 1. The van der Waals surface area contributed by atoms with Gasteiger partial charge in [-0.05, 0) is 81.0 Å². The zero-order chi connectivity index (χ0) is 25.2. The standard InChI is InChI=1S/C28H38O8/c1-12(17-10-25(3)27(11-29,36-25)23(32)33-17)14-5-6-15-13-9-18-28(35-18)22(31)20-19(34-20)21(30)26(28,4)16(13)7-8-24(14,15)2/h12-20,22,29,31H,5-11H2,1-4H3/t12-,13-,14+,15-,16-,17+,18+,19+,20-,22-,24+,25+,26-,27-,28-/m0/s1. The van der Waals surface area contributed by atoms with Crippen molar-refractivity contribution >= 4 is 11.8 Å². The van der Waals surface area contributed by atoms with Crippen LogP contribution in [0.4, 0.5) is 0 Å². The van der Waals surface area contributed by atoms with E-state index in [9.17, 15) is 19.8 Å². The number of cyclic esters (lactones) is 1. The number of hydrogen-bond acceptors (Lipinski definition) is 8. The molecule has 8 nitrogen and oxygen atoms in total. The molecular formula is C28H38O8. The second kappa shape index (κ2) is 6.39. The maximum Gasteiger partial charge on any atom is 0.344 e. The Labute approximate surface area is 211 Å². The molecule has 2 N–H and O–H groups in total. The number of fused-ring (bicyclic) bond motifs is 6. The highest BCUT2D eigenvalue weighted by atomic mass is 16.7. The smallest absolute Gasteiger partial charge is 0.344 e. The topological polar surface area (TPSA) is 121 Å². The van der Waals surface area contributed by atoms with Gasteiger partial charge in [-0.25, -0.2) is 4.79 Å². The number of epoxide rings is 3. The summed E-state index contributed by atoms with van der Waals surface area (Å²) in [7, 11) is 0. The third kappa shape index (κ3) is 2.22. The lowest BCUT2D eigenvalue weighted by Crippen LogP contribution is -2.67. The summed E-state index contributed by atoms with van der Waals surface area (Å²) in [6.45, 7) is 8.30. The third-order valence-corrected chi connectivity index (χ3v) is 13.2. The molecule has 0 radical (unpaired) electrons. The maximum absolute atomic E-state index is 13.7. The number of rotatable bonds is 3. The van der Waals surface area contributed by atoms with Crippen LogP contribution in [0.25, 0.3) is 0 Å². The van der Waals surface area contributed by atoms with Crippen molar-refractivity contribution in [1.82, 2.24) is 0 Å². The number of carbonyl (C=O) groups is 2. The van der Waals surface area contributed by atoms with Gasteiger partial charge in [-0.15, -0.1) is 0 Å². The van der Waals surface area contributed by atoms with Crippen LogP contribution in [0.3, 0.4) is 0 Å². The number of aliphatic hydroxyl groups is 2. The first-order chi connectivity index (χ1) is 17.0. The van der Waals surface area contributed by atoms with Crippen LogP contribution in [0.2, 0.25) is 0 Å². The molecule has 1 spiro atoms. The van der Waals surface area contributed by atoms with Crippen LogP contribution in [-0.4, -0.2) is 75.9 Å². The van der Waals surface area contributed by atoms with Crippen molar-refractivity contribution in [1.29, 1.82) is 0 Å². The molecule has 0 aromatic carbocycles. The van der Waals surface area contributed by atoms with Crippen LogP contribution in [0.1, 0.15) is 66.2 Å². The average Bonchev–Trinajstić information content (AvgIpc) is 3.76. The van der Waals surface area contributed by atoms with E-state index in [-0.39, 0.29) is 48.0 Å². The summed E-state index contributed by atoms with van der Waals surface area (Å²) in [6.07, 6.45) is 3.87. The summed E-state index contributed by atoms with van der Waals surface area (Å²) >= 11 is 0. The first-order valence-corrected chi connectivity index (χ1v) is 14.1. The molecule has 8 aliphatic rings. The second-order valence-corrected chi connectivity index (χ2v) is 14.1. The van der Waals surface area contributed by atoms with Gasteiger partial charge in [-0.2, -0.15) is 0 Å².